The molecule has 10 heteroatoms. The smallest absolute Gasteiger partial charge is 0.550 e. The number of ether oxygens (including phenoxy) is 2. The molecule has 0 spiro atoms. The first-order chi connectivity index (χ1) is 21.4. The maximum absolute atomic E-state index is 12.6. The maximum Gasteiger partial charge on any atom is 1.00 e. The van der Waals surface area contributed by atoms with Crippen molar-refractivity contribution in [2.45, 2.75) is 138 Å². The summed E-state index contributed by atoms with van der Waals surface area (Å²) in [4.78, 5) is 47.0. The van der Waals surface area contributed by atoms with Crippen LogP contribution in [0.2, 0.25) is 0 Å². The summed E-state index contributed by atoms with van der Waals surface area (Å²) in [5.41, 5.74) is 1.25. The number of esters is 2. The first-order valence-corrected chi connectivity index (χ1v) is 17.8. The molecule has 0 N–H and O–H groups in total. The fraction of sp³-hybridized carbons (Fsp3) is 0.842. The monoisotopic (exact) mass is 686 g/mol. The van der Waals surface area contributed by atoms with Crippen LogP contribution in [-0.2, 0) is 28.7 Å². The third kappa shape index (κ3) is 7.16. The average molecular weight is 687 g/mol. The Morgan fingerprint density at radius 1 is 0.708 bits per heavy atom. The largest absolute Gasteiger partial charge is 1.00 e. The standard InChI is InChI=1S/C38H58O8.2Na/c1-23(2)24-14-19-38(22-45-31(43)12-10-29(39)40)21-20-36(6)25(33(24)38)8-9-27-35(5)17-16-28(46-32(44)13-11-30(41)42)34(3,4)26(35)15-18-37(27,36)7;;/h24-28,33H,1,8-22H2,2-7H3,(H,39,40)(H,41,42);;/q;2*+1/p-2/t24?,25?,26?,27?,28?,33?,35-,36+,37+,38?;;/m0../s1. The van der Waals surface area contributed by atoms with E-state index in [-0.39, 0.29) is 118 Å². The van der Waals surface area contributed by atoms with Crippen molar-refractivity contribution < 1.29 is 98.0 Å². The van der Waals surface area contributed by atoms with Crippen LogP contribution in [-0.4, -0.2) is 36.6 Å². The minimum atomic E-state index is -1.23. The zero-order chi connectivity index (χ0) is 33.9. The van der Waals surface area contributed by atoms with Gasteiger partial charge in [0.2, 0.25) is 0 Å². The molecule has 0 radical (unpaired) electrons. The van der Waals surface area contributed by atoms with E-state index in [1.807, 2.05) is 0 Å². The number of hydrogen-bond donors (Lipinski definition) is 0. The molecule has 5 saturated carbocycles. The van der Waals surface area contributed by atoms with Crippen LogP contribution in [0.1, 0.15) is 131 Å². The van der Waals surface area contributed by atoms with Crippen molar-refractivity contribution in [2.24, 2.45) is 56.7 Å². The minimum absolute atomic E-state index is 0. The SMILES string of the molecule is C=C(C)C1CCC2(COC(=O)CCC(=O)[O-])CC[C@]3(C)C(CCC4[C@@]5(C)CCC(OC(=O)CCC(=O)[O-])C(C)(C)C5CC[C@]43C)C12.[Na+].[Na+]. The first kappa shape index (κ1) is 42.0. The van der Waals surface area contributed by atoms with Crippen LogP contribution >= 0.6 is 0 Å². The number of fused-ring (bicyclic) bond motifs is 7. The Hall–Kier alpha value is -0.380. The quantitative estimate of drug-likeness (QED) is 0.165. The first-order valence-electron chi connectivity index (χ1n) is 17.8. The summed E-state index contributed by atoms with van der Waals surface area (Å²) < 4.78 is 11.8. The van der Waals surface area contributed by atoms with Crippen molar-refractivity contribution in [2.75, 3.05) is 6.61 Å². The predicted molar refractivity (Wildman–Crippen MR) is 168 cm³/mol. The van der Waals surface area contributed by atoms with Gasteiger partial charge in [-0.3, -0.25) is 9.59 Å². The summed E-state index contributed by atoms with van der Waals surface area (Å²) in [6.07, 6.45) is 9.25. The number of hydrogen-bond acceptors (Lipinski definition) is 8. The van der Waals surface area contributed by atoms with Gasteiger partial charge in [-0.2, -0.15) is 0 Å². The fourth-order valence-electron chi connectivity index (χ4n) is 12.6. The van der Waals surface area contributed by atoms with Gasteiger partial charge in [0, 0.05) is 22.8 Å². The number of carbonyl (C=O) groups is 4. The van der Waals surface area contributed by atoms with Crippen LogP contribution in [0.25, 0.3) is 0 Å². The van der Waals surface area contributed by atoms with E-state index in [0.29, 0.717) is 36.2 Å². The van der Waals surface area contributed by atoms with Gasteiger partial charge < -0.3 is 29.3 Å². The molecule has 5 aliphatic carbocycles. The summed E-state index contributed by atoms with van der Waals surface area (Å²) in [5, 5.41) is 21.8. The van der Waals surface area contributed by atoms with Crippen LogP contribution in [0.4, 0.5) is 0 Å². The molecule has 5 aliphatic rings. The number of carboxylic acid groups (broad SMARTS) is 2. The van der Waals surface area contributed by atoms with E-state index in [1.165, 1.54) is 5.57 Å². The molecule has 0 bridgehead atoms. The van der Waals surface area contributed by atoms with Crippen LogP contribution in [0, 0.1) is 56.7 Å². The second-order valence-electron chi connectivity index (χ2n) is 17.3. The predicted octanol–water partition coefficient (Wildman–Crippen LogP) is -0.833. The molecule has 0 aromatic rings. The van der Waals surface area contributed by atoms with E-state index >= 15 is 0 Å². The Morgan fingerprint density at radius 2 is 1.33 bits per heavy atom. The summed E-state index contributed by atoms with van der Waals surface area (Å²) in [7, 11) is 0. The van der Waals surface area contributed by atoms with Crippen molar-refractivity contribution in [3.05, 3.63) is 12.2 Å². The molecule has 0 aromatic carbocycles. The average Bonchev–Trinajstić information content (AvgIpc) is 3.36. The van der Waals surface area contributed by atoms with Crippen LogP contribution in [0.3, 0.4) is 0 Å². The second kappa shape index (κ2) is 15.3. The van der Waals surface area contributed by atoms with Gasteiger partial charge in [-0.05, 0) is 130 Å². The minimum Gasteiger partial charge on any atom is -0.550 e. The van der Waals surface area contributed by atoms with Gasteiger partial charge in [-0.15, -0.1) is 0 Å². The molecular formula is C38H56Na2O8. The second-order valence-corrected chi connectivity index (χ2v) is 17.3. The number of allylic oxidation sites excluding steroid dienone is 1. The molecule has 48 heavy (non-hydrogen) atoms. The van der Waals surface area contributed by atoms with Gasteiger partial charge in [0.05, 0.1) is 19.4 Å². The normalized spacial score (nSPS) is 40.6. The van der Waals surface area contributed by atoms with Crippen LogP contribution in [0.5, 0.6) is 0 Å². The Bertz CT molecular complexity index is 1270. The van der Waals surface area contributed by atoms with Gasteiger partial charge >= 0.3 is 71.1 Å². The third-order valence-corrected chi connectivity index (χ3v) is 15.0. The van der Waals surface area contributed by atoms with E-state index in [2.05, 4.69) is 48.1 Å². The zero-order valence-electron chi connectivity index (χ0n) is 31.0. The molecule has 10 atom stereocenters. The molecule has 5 fully saturated rings. The Morgan fingerprint density at radius 3 is 1.94 bits per heavy atom. The maximum atomic E-state index is 12.6. The topological polar surface area (TPSA) is 133 Å². The van der Waals surface area contributed by atoms with Gasteiger partial charge in [-0.1, -0.05) is 46.8 Å². The third-order valence-electron chi connectivity index (χ3n) is 15.0. The number of carbonyl (C=O) groups excluding carboxylic acids is 4. The molecule has 0 amide bonds. The van der Waals surface area contributed by atoms with Gasteiger partial charge in [0.15, 0.2) is 0 Å². The molecule has 0 saturated heterocycles. The van der Waals surface area contributed by atoms with Gasteiger partial charge in [0.1, 0.15) is 6.10 Å². The van der Waals surface area contributed by atoms with E-state index < -0.39 is 23.9 Å². The van der Waals surface area contributed by atoms with E-state index in [0.717, 1.165) is 64.2 Å². The zero-order valence-corrected chi connectivity index (χ0v) is 35.0. The number of aliphatic carboxylic acids is 2. The van der Waals surface area contributed by atoms with Gasteiger partial charge in [0.25, 0.3) is 0 Å². The Balaban J connectivity index is 0.00000312. The van der Waals surface area contributed by atoms with Crippen molar-refractivity contribution in [1.29, 1.82) is 0 Å². The molecule has 5 rings (SSSR count). The summed E-state index contributed by atoms with van der Waals surface area (Å²) in [5.74, 6) is -1.17. The number of rotatable bonds is 10. The van der Waals surface area contributed by atoms with Crippen molar-refractivity contribution >= 4 is 23.9 Å². The molecular weight excluding hydrogens is 630 g/mol. The molecule has 258 valence electrons. The van der Waals surface area contributed by atoms with Crippen molar-refractivity contribution in [1.82, 2.24) is 0 Å². The molecule has 7 unspecified atom stereocenters. The Labute approximate surface area is 332 Å². The van der Waals surface area contributed by atoms with Gasteiger partial charge in [-0.25, -0.2) is 0 Å². The van der Waals surface area contributed by atoms with Crippen molar-refractivity contribution in [3.8, 4) is 0 Å². The summed E-state index contributed by atoms with van der Waals surface area (Å²) >= 11 is 0. The Kier molecular flexibility index (Phi) is 13.4. The van der Waals surface area contributed by atoms with E-state index in [4.69, 9.17) is 9.47 Å². The molecule has 8 nitrogen and oxygen atoms in total. The molecule has 0 aliphatic heterocycles. The van der Waals surface area contributed by atoms with E-state index in [9.17, 15) is 29.4 Å². The fourth-order valence-corrected chi connectivity index (χ4v) is 12.6. The van der Waals surface area contributed by atoms with Crippen LogP contribution in [0.15, 0.2) is 12.2 Å². The summed E-state index contributed by atoms with van der Waals surface area (Å²) in [6, 6.07) is 0. The molecule has 0 aromatic heterocycles. The summed E-state index contributed by atoms with van der Waals surface area (Å²) in [6.45, 7) is 19.1. The van der Waals surface area contributed by atoms with E-state index in [1.54, 1.807) is 0 Å². The molecule has 0 heterocycles. The number of carboxylic acids is 2. The van der Waals surface area contributed by atoms with Crippen LogP contribution < -0.4 is 69.3 Å². The van der Waals surface area contributed by atoms with Crippen molar-refractivity contribution in [3.63, 3.8) is 0 Å².